The van der Waals surface area contributed by atoms with Crippen LogP contribution in [0.15, 0.2) is 6.20 Å². The number of rotatable bonds is 2. The van der Waals surface area contributed by atoms with Crippen molar-refractivity contribution in [1.29, 1.82) is 0 Å². The maximum Gasteiger partial charge on any atom is 0.147 e. The van der Waals surface area contributed by atoms with Crippen LogP contribution in [-0.2, 0) is 0 Å². The van der Waals surface area contributed by atoms with Crippen LogP contribution in [0.2, 0.25) is 21.2 Å². The summed E-state index contributed by atoms with van der Waals surface area (Å²) in [4.78, 5) is 3.84. The molecule has 12 heavy (non-hydrogen) atoms. The van der Waals surface area contributed by atoms with Crippen LogP contribution in [0.4, 0.5) is 0 Å². The minimum absolute atomic E-state index is 0.358. The van der Waals surface area contributed by atoms with Crippen molar-refractivity contribution >= 4 is 49.5 Å². The summed E-state index contributed by atoms with van der Waals surface area (Å²) < 4.78 is 0. The zero-order chi connectivity index (χ0) is 9.14. The van der Waals surface area contributed by atoms with Crippen LogP contribution in [-0.4, -0.2) is 14.5 Å². The van der Waals surface area contributed by atoms with Gasteiger partial charge >= 0.3 is 0 Å². The predicted molar refractivity (Wildman–Crippen MR) is 57.9 cm³/mol. The van der Waals surface area contributed by atoms with Crippen LogP contribution in [0.1, 0.15) is 6.92 Å². The van der Waals surface area contributed by atoms with Crippen molar-refractivity contribution in [3.05, 3.63) is 21.4 Å². The van der Waals surface area contributed by atoms with Gasteiger partial charge in [0.25, 0.3) is 0 Å². The predicted octanol–water partition coefficient (Wildman–Crippen LogP) is 2.27. The van der Waals surface area contributed by atoms with Crippen molar-refractivity contribution in [3.8, 4) is 0 Å². The van der Waals surface area contributed by atoms with Gasteiger partial charge in [0.05, 0.1) is 19.6 Å². The van der Waals surface area contributed by atoms with Gasteiger partial charge < -0.3 is 0 Å². The molecule has 1 rings (SSSR count). The molecule has 1 aromatic heterocycles. The Morgan fingerprint density at radius 1 is 1.42 bits per heavy atom. The average molecular weight is 241 g/mol. The van der Waals surface area contributed by atoms with Crippen LogP contribution in [0.5, 0.6) is 0 Å². The summed E-state index contributed by atoms with van der Waals surface area (Å²) in [6, 6.07) is 1.12. The molecule has 0 saturated carbocycles. The maximum absolute atomic E-state index is 5.93. The number of nitrogens with zero attached hydrogens (tertiary/aromatic N) is 1. The maximum atomic E-state index is 5.93. The first-order valence-electron chi connectivity index (χ1n) is 3.65. The quantitative estimate of drug-likeness (QED) is 0.571. The van der Waals surface area contributed by atoms with Gasteiger partial charge in [-0.25, -0.2) is 4.98 Å². The summed E-state index contributed by atoms with van der Waals surface area (Å²) in [6.45, 7) is 2.12. The fourth-order valence-corrected chi connectivity index (χ4v) is 3.36. The topological polar surface area (TPSA) is 12.9 Å². The Morgan fingerprint density at radius 2 is 2.08 bits per heavy atom. The zero-order valence-corrected chi connectivity index (χ0v) is 10.3. The van der Waals surface area contributed by atoms with E-state index in [1.807, 2.05) is 0 Å². The van der Waals surface area contributed by atoms with Crippen molar-refractivity contribution in [2.75, 3.05) is 0 Å². The van der Waals surface area contributed by atoms with Gasteiger partial charge in [0.1, 0.15) is 5.15 Å². The molecule has 0 atom stereocenters. The molecule has 0 N–H and O–H groups in total. The van der Waals surface area contributed by atoms with Crippen LogP contribution in [0.3, 0.4) is 0 Å². The lowest BCUT2D eigenvalue weighted by Gasteiger charge is -2.04. The highest BCUT2D eigenvalue weighted by molar-refractivity contribution is 6.63. The molecule has 66 valence electrons. The van der Waals surface area contributed by atoms with E-state index in [-0.39, 0.29) is 9.52 Å². The Labute approximate surface area is 88.9 Å². The van der Waals surface area contributed by atoms with Gasteiger partial charge in [0.2, 0.25) is 0 Å². The molecule has 5 heteroatoms. The number of hydrogen-bond acceptors (Lipinski definition) is 1. The van der Waals surface area contributed by atoms with E-state index in [2.05, 4.69) is 11.9 Å². The summed E-state index contributed by atoms with van der Waals surface area (Å²) in [5.41, 5.74) is 0. The van der Waals surface area contributed by atoms with Gasteiger partial charge in [-0.15, -0.1) is 0 Å². The Morgan fingerprint density at radius 3 is 2.67 bits per heavy atom. The minimum Gasteiger partial charge on any atom is -0.241 e. The zero-order valence-electron chi connectivity index (χ0n) is 6.57. The van der Waals surface area contributed by atoms with E-state index in [1.165, 1.54) is 0 Å². The second kappa shape index (κ2) is 4.47. The monoisotopic (exact) mass is 239 g/mol. The van der Waals surface area contributed by atoms with E-state index in [4.69, 9.17) is 34.8 Å². The molecule has 0 radical (unpaired) electrons. The minimum atomic E-state index is -0.369. The molecule has 0 aliphatic carbocycles. The summed E-state index contributed by atoms with van der Waals surface area (Å²) in [7, 11) is -0.369. The lowest BCUT2D eigenvalue weighted by atomic mass is 10.5. The van der Waals surface area contributed by atoms with Gasteiger partial charge in [0.15, 0.2) is 0 Å². The largest absolute Gasteiger partial charge is 0.241 e. The molecule has 0 aliphatic rings. The number of hydrogen-bond donors (Lipinski definition) is 0. The number of aromatic nitrogens is 1. The highest BCUT2D eigenvalue weighted by atomic mass is 35.5. The van der Waals surface area contributed by atoms with Crippen molar-refractivity contribution in [1.82, 2.24) is 4.98 Å². The lowest BCUT2D eigenvalue weighted by Crippen LogP contribution is -2.16. The van der Waals surface area contributed by atoms with E-state index in [9.17, 15) is 0 Å². The van der Waals surface area contributed by atoms with Crippen LogP contribution >= 0.6 is 34.8 Å². The standard InChI is InChI=1S/C7H8Cl3NSi/c1-2-12-6-4(8)3-11-7(10)5(6)9/h3H,2,12H2,1H3. The fraction of sp³-hybridized carbons (Fsp3) is 0.286. The Bertz CT molecular complexity index is 290. The van der Waals surface area contributed by atoms with E-state index in [1.54, 1.807) is 6.20 Å². The lowest BCUT2D eigenvalue weighted by molar-refractivity contribution is 1.34. The SMILES string of the molecule is CC[SiH2]c1c(Cl)cnc(Cl)c1Cl. The first-order valence-corrected chi connectivity index (χ1v) is 6.49. The highest BCUT2D eigenvalue weighted by Gasteiger charge is 2.09. The van der Waals surface area contributed by atoms with Gasteiger partial charge in [-0.3, -0.25) is 0 Å². The molecule has 0 amide bonds. The van der Waals surface area contributed by atoms with Gasteiger partial charge in [0, 0.05) is 6.20 Å². The molecule has 1 heterocycles. The average Bonchev–Trinajstić information content (AvgIpc) is 2.06. The molecular formula is C7H8Cl3NSi. The molecule has 0 spiro atoms. The first-order chi connectivity index (χ1) is 5.66. The molecule has 1 nitrogen and oxygen atoms in total. The normalized spacial score (nSPS) is 11.3. The van der Waals surface area contributed by atoms with Crippen molar-refractivity contribution in [2.45, 2.75) is 13.0 Å². The smallest absolute Gasteiger partial charge is 0.147 e. The summed E-state index contributed by atoms with van der Waals surface area (Å²) in [5, 5.41) is 2.58. The molecule has 0 unspecified atom stereocenters. The molecule has 1 aromatic rings. The summed E-state index contributed by atoms with van der Waals surface area (Å²) >= 11 is 17.6. The second-order valence-electron chi connectivity index (χ2n) is 2.44. The van der Waals surface area contributed by atoms with E-state index in [0.29, 0.717) is 15.2 Å². The van der Waals surface area contributed by atoms with Crippen molar-refractivity contribution in [2.24, 2.45) is 0 Å². The van der Waals surface area contributed by atoms with Crippen molar-refractivity contribution in [3.63, 3.8) is 0 Å². The van der Waals surface area contributed by atoms with Gasteiger partial charge in [-0.2, -0.15) is 0 Å². The molecule has 0 saturated heterocycles. The Kier molecular flexibility index (Phi) is 3.84. The Balaban J connectivity index is 3.14. The van der Waals surface area contributed by atoms with E-state index >= 15 is 0 Å². The van der Waals surface area contributed by atoms with Crippen molar-refractivity contribution < 1.29 is 0 Å². The third kappa shape index (κ3) is 2.13. The molecule has 0 aromatic carbocycles. The summed E-state index contributed by atoms with van der Waals surface area (Å²) in [6.07, 6.45) is 1.56. The number of halogens is 3. The molecular weight excluding hydrogens is 233 g/mol. The van der Waals surface area contributed by atoms with Crippen LogP contribution in [0, 0.1) is 0 Å². The molecule has 0 fully saturated rings. The molecule has 0 bridgehead atoms. The van der Waals surface area contributed by atoms with E-state index in [0.717, 1.165) is 11.2 Å². The molecule has 0 aliphatic heterocycles. The third-order valence-corrected chi connectivity index (χ3v) is 4.82. The number of pyridine rings is 1. The van der Waals surface area contributed by atoms with Gasteiger partial charge in [-0.1, -0.05) is 47.8 Å². The third-order valence-electron chi connectivity index (χ3n) is 1.53. The van der Waals surface area contributed by atoms with Crippen LogP contribution < -0.4 is 5.19 Å². The highest BCUT2D eigenvalue weighted by Crippen LogP contribution is 2.19. The summed E-state index contributed by atoms with van der Waals surface area (Å²) in [5.74, 6) is 0. The fourth-order valence-electron chi connectivity index (χ4n) is 0.956. The van der Waals surface area contributed by atoms with E-state index < -0.39 is 0 Å². The first kappa shape index (κ1) is 10.3. The van der Waals surface area contributed by atoms with Crippen LogP contribution in [0.25, 0.3) is 0 Å². The Hall–Kier alpha value is 0.237. The van der Waals surface area contributed by atoms with Gasteiger partial charge in [-0.05, 0) is 5.19 Å². The second-order valence-corrected chi connectivity index (χ2v) is 5.79.